The first-order valence-corrected chi connectivity index (χ1v) is 9.36. The lowest BCUT2D eigenvalue weighted by molar-refractivity contribution is 0.628. The standard InChI is InChI=1S/C20H13ClFN3OS/c1-11-3-2-4-15-17(11)24-18(25-19(15)26)16(21)9-14-10-27-20(23-14)12-5-7-13(22)8-6-12/h2-10H,1H3,(H,24,25,26)/b16-9-. The van der Waals surface area contributed by atoms with Crippen molar-refractivity contribution >= 4 is 44.9 Å². The second-order valence-corrected chi connectivity index (χ2v) is 7.23. The molecule has 27 heavy (non-hydrogen) atoms. The molecule has 2 aromatic heterocycles. The lowest BCUT2D eigenvalue weighted by Gasteiger charge is -2.04. The second-order valence-electron chi connectivity index (χ2n) is 5.96. The fraction of sp³-hybridized carbons (Fsp3) is 0.0500. The summed E-state index contributed by atoms with van der Waals surface area (Å²) in [6.45, 7) is 1.89. The van der Waals surface area contributed by atoms with Gasteiger partial charge in [-0.2, -0.15) is 0 Å². The summed E-state index contributed by atoms with van der Waals surface area (Å²) in [7, 11) is 0. The number of rotatable bonds is 3. The van der Waals surface area contributed by atoms with Crippen LogP contribution in [-0.2, 0) is 0 Å². The molecule has 4 aromatic rings. The third-order valence-corrected chi connectivity index (χ3v) is 5.25. The van der Waals surface area contributed by atoms with Gasteiger partial charge in [0.15, 0.2) is 5.82 Å². The summed E-state index contributed by atoms with van der Waals surface area (Å²) in [6.07, 6.45) is 1.65. The summed E-state index contributed by atoms with van der Waals surface area (Å²) in [4.78, 5) is 24.0. The molecule has 0 spiro atoms. The van der Waals surface area contributed by atoms with Crippen LogP contribution in [-0.4, -0.2) is 15.0 Å². The molecule has 0 unspecified atom stereocenters. The van der Waals surface area contributed by atoms with Gasteiger partial charge < -0.3 is 4.98 Å². The highest BCUT2D eigenvalue weighted by atomic mass is 35.5. The van der Waals surface area contributed by atoms with Gasteiger partial charge in [0.05, 0.1) is 21.6 Å². The summed E-state index contributed by atoms with van der Waals surface area (Å²) in [5, 5.41) is 3.40. The Bertz CT molecular complexity index is 1230. The van der Waals surface area contributed by atoms with Crippen LogP contribution in [0.15, 0.2) is 52.6 Å². The highest BCUT2D eigenvalue weighted by molar-refractivity contribution is 7.13. The van der Waals surface area contributed by atoms with E-state index in [1.165, 1.54) is 23.5 Å². The van der Waals surface area contributed by atoms with E-state index in [1.807, 2.05) is 24.4 Å². The Morgan fingerprint density at radius 1 is 1.19 bits per heavy atom. The molecule has 0 fully saturated rings. The Balaban J connectivity index is 1.71. The van der Waals surface area contributed by atoms with Crippen LogP contribution in [0.1, 0.15) is 17.1 Å². The zero-order valence-electron chi connectivity index (χ0n) is 14.2. The van der Waals surface area contributed by atoms with Gasteiger partial charge in [0.2, 0.25) is 0 Å². The number of hydrogen-bond acceptors (Lipinski definition) is 4. The molecule has 0 atom stereocenters. The normalized spacial score (nSPS) is 11.9. The van der Waals surface area contributed by atoms with E-state index in [0.717, 1.165) is 16.1 Å². The van der Waals surface area contributed by atoms with Crippen LogP contribution >= 0.6 is 22.9 Å². The number of nitrogens with zero attached hydrogens (tertiary/aromatic N) is 2. The molecule has 0 aliphatic rings. The molecule has 4 rings (SSSR count). The van der Waals surface area contributed by atoms with Crippen molar-refractivity contribution in [1.29, 1.82) is 0 Å². The van der Waals surface area contributed by atoms with Gasteiger partial charge in [0.1, 0.15) is 10.8 Å². The number of aryl methyl sites for hydroxylation is 1. The van der Waals surface area contributed by atoms with Gasteiger partial charge >= 0.3 is 0 Å². The van der Waals surface area contributed by atoms with E-state index in [0.29, 0.717) is 22.4 Å². The Hall–Kier alpha value is -2.83. The van der Waals surface area contributed by atoms with E-state index in [1.54, 1.807) is 24.3 Å². The van der Waals surface area contributed by atoms with E-state index in [9.17, 15) is 9.18 Å². The number of nitrogens with one attached hydrogen (secondary N) is 1. The molecule has 0 saturated carbocycles. The molecule has 134 valence electrons. The summed E-state index contributed by atoms with van der Waals surface area (Å²) < 4.78 is 13.1. The summed E-state index contributed by atoms with van der Waals surface area (Å²) >= 11 is 7.81. The van der Waals surface area contributed by atoms with Gasteiger partial charge in [-0.1, -0.05) is 23.7 Å². The largest absolute Gasteiger partial charge is 0.305 e. The van der Waals surface area contributed by atoms with Crippen molar-refractivity contribution < 1.29 is 4.39 Å². The van der Waals surface area contributed by atoms with Crippen LogP contribution in [0.5, 0.6) is 0 Å². The Morgan fingerprint density at radius 3 is 2.74 bits per heavy atom. The van der Waals surface area contributed by atoms with Crippen LogP contribution in [0.3, 0.4) is 0 Å². The van der Waals surface area contributed by atoms with E-state index in [-0.39, 0.29) is 16.4 Å². The maximum atomic E-state index is 13.1. The smallest absolute Gasteiger partial charge is 0.259 e. The van der Waals surface area contributed by atoms with Crippen LogP contribution in [0.4, 0.5) is 4.39 Å². The molecule has 0 amide bonds. The Kier molecular flexibility index (Phi) is 4.59. The zero-order chi connectivity index (χ0) is 19.0. The van der Waals surface area contributed by atoms with Crippen molar-refractivity contribution in [3.63, 3.8) is 0 Å². The van der Waals surface area contributed by atoms with E-state index >= 15 is 0 Å². The number of hydrogen-bond donors (Lipinski definition) is 1. The average Bonchev–Trinajstić information content (AvgIpc) is 3.11. The number of H-pyrrole nitrogens is 1. The highest BCUT2D eigenvalue weighted by Gasteiger charge is 2.10. The number of para-hydroxylation sites is 1. The molecule has 1 N–H and O–H groups in total. The van der Waals surface area contributed by atoms with Crippen LogP contribution < -0.4 is 5.56 Å². The van der Waals surface area contributed by atoms with Crippen LogP contribution in [0.2, 0.25) is 0 Å². The number of fused-ring (bicyclic) bond motifs is 1. The fourth-order valence-corrected chi connectivity index (χ4v) is 3.68. The number of thiazole rings is 1. The molecule has 0 bridgehead atoms. The summed E-state index contributed by atoms with van der Waals surface area (Å²) in [5.41, 5.74) is 2.74. The fourth-order valence-electron chi connectivity index (χ4n) is 2.69. The van der Waals surface area contributed by atoms with Crippen LogP contribution in [0.25, 0.3) is 32.6 Å². The van der Waals surface area contributed by atoms with Gasteiger partial charge in [-0.05, 0) is 48.9 Å². The molecule has 0 aliphatic heterocycles. The molecular weight excluding hydrogens is 385 g/mol. The van der Waals surface area contributed by atoms with Crippen molar-refractivity contribution in [3.05, 3.63) is 81.1 Å². The van der Waals surface area contributed by atoms with Crippen molar-refractivity contribution in [2.75, 3.05) is 0 Å². The molecule has 4 nitrogen and oxygen atoms in total. The topological polar surface area (TPSA) is 58.6 Å². The first-order chi connectivity index (χ1) is 13.0. The van der Waals surface area contributed by atoms with Gasteiger partial charge in [-0.25, -0.2) is 14.4 Å². The average molecular weight is 398 g/mol. The third kappa shape index (κ3) is 3.54. The van der Waals surface area contributed by atoms with E-state index in [4.69, 9.17) is 11.6 Å². The van der Waals surface area contributed by atoms with E-state index in [2.05, 4.69) is 15.0 Å². The highest BCUT2D eigenvalue weighted by Crippen LogP contribution is 2.27. The predicted octanol–water partition coefficient (Wildman–Crippen LogP) is 5.23. The van der Waals surface area contributed by atoms with Crippen molar-refractivity contribution in [1.82, 2.24) is 15.0 Å². The molecule has 0 aliphatic carbocycles. The SMILES string of the molecule is Cc1cccc2c(=O)[nH]c(/C(Cl)=C/c3csc(-c4ccc(F)cc4)n3)nc12. The lowest BCUT2D eigenvalue weighted by atomic mass is 10.1. The zero-order valence-corrected chi connectivity index (χ0v) is 15.7. The van der Waals surface area contributed by atoms with Gasteiger partial charge in [-0.15, -0.1) is 11.3 Å². The molecule has 0 radical (unpaired) electrons. The first-order valence-electron chi connectivity index (χ1n) is 8.10. The first kappa shape index (κ1) is 17.6. The molecule has 7 heteroatoms. The number of aromatic amines is 1. The quantitative estimate of drug-likeness (QED) is 0.515. The van der Waals surface area contributed by atoms with Crippen LogP contribution in [0, 0.1) is 12.7 Å². The Labute approximate surface area is 163 Å². The van der Waals surface area contributed by atoms with E-state index < -0.39 is 0 Å². The second kappa shape index (κ2) is 7.06. The molecular formula is C20H13ClFN3OS. The number of halogens is 2. The molecule has 2 heterocycles. The number of aromatic nitrogens is 3. The van der Waals surface area contributed by atoms with Crippen molar-refractivity contribution in [2.24, 2.45) is 0 Å². The van der Waals surface area contributed by atoms with Gasteiger partial charge in [0.25, 0.3) is 5.56 Å². The minimum absolute atomic E-state index is 0.240. The van der Waals surface area contributed by atoms with Gasteiger partial charge in [0, 0.05) is 10.9 Å². The van der Waals surface area contributed by atoms with Crippen molar-refractivity contribution in [2.45, 2.75) is 6.92 Å². The number of benzene rings is 2. The van der Waals surface area contributed by atoms with Gasteiger partial charge in [-0.3, -0.25) is 4.79 Å². The monoisotopic (exact) mass is 397 g/mol. The maximum absolute atomic E-state index is 13.1. The minimum Gasteiger partial charge on any atom is -0.305 e. The Morgan fingerprint density at radius 2 is 1.96 bits per heavy atom. The lowest BCUT2D eigenvalue weighted by Crippen LogP contribution is -2.11. The molecule has 2 aromatic carbocycles. The summed E-state index contributed by atoms with van der Waals surface area (Å²) in [5.74, 6) is -0.0000972. The maximum Gasteiger partial charge on any atom is 0.259 e. The third-order valence-electron chi connectivity index (χ3n) is 4.05. The van der Waals surface area contributed by atoms with Crippen molar-refractivity contribution in [3.8, 4) is 10.6 Å². The summed E-state index contributed by atoms with van der Waals surface area (Å²) in [6, 6.07) is 11.6. The predicted molar refractivity (Wildman–Crippen MR) is 108 cm³/mol. The molecule has 0 saturated heterocycles. The minimum atomic E-state index is -0.292.